The summed E-state index contributed by atoms with van der Waals surface area (Å²) >= 11 is 6.02. The molecule has 28 heavy (non-hydrogen) atoms. The summed E-state index contributed by atoms with van der Waals surface area (Å²) in [5.74, 6) is -0.246. The number of benzene rings is 1. The second kappa shape index (κ2) is 8.82. The molecule has 3 amide bonds. The van der Waals surface area contributed by atoms with Crippen LogP contribution in [0.3, 0.4) is 0 Å². The van der Waals surface area contributed by atoms with Gasteiger partial charge in [0, 0.05) is 37.1 Å². The van der Waals surface area contributed by atoms with E-state index in [0.717, 1.165) is 12.8 Å². The summed E-state index contributed by atoms with van der Waals surface area (Å²) in [6, 6.07) is 4.89. The van der Waals surface area contributed by atoms with Crippen molar-refractivity contribution >= 4 is 29.3 Å². The number of amides is 3. The number of methoxy groups -OCH3 is 1. The third-order valence-electron chi connectivity index (χ3n) is 5.23. The minimum absolute atomic E-state index is 0.00256. The molecule has 1 aromatic rings. The standard InChI is InChI=1S/C20H26ClN3O4/c1-12(25)24-10-13(19(26)22-15-6-7-15)3-5-16(11-24)23-20(27)17-9-14(21)4-8-18(17)28-2/h4,8-9,13,15-16H,3,5-7,10-11H2,1-2H3,(H,22,26)(H,23,27)/t13-,16+/m1/s1. The number of likely N-dealkylation sites (tertiary alicyclic amines) is 1. The third-order valence-corrected chi connectivity index (χ3v) is 5.46. The minimum Gasteiger partial charge on any atom is -0.496 e. The fourth-order valence-corrected chi connectivity index (χ4v) is 3.62. The second-order valence-corrected chi connectivity index (χ2v) is 7.93. The lowest BCUT2D eigenvalue weighted by molar-refractivity contribution is -0.131. The van der Waals surface area contributed by atoms with Gasteiger partial charge in [0.25, 0.3) is 5.91 Å². The maximum atomic E-state index is 12.8. The number of carbonyl (C=O) groups is 3. The molecule has 1 saturated heterocycles. The van der Waals surface area contributed by atoms with Crippen molar-refractivity contribution in [2.24, 2.45) is 5.92 Å². The van der Waals surface area contributed by atoms with E-state index in [1.807, 2.05) is 0 Å². The van der Waals surface area contributed by atoms with Gasteiger partial charge in [0.2, 0.25) is 11.8 Å². The fourth-order valence-electron chi connectivity index (χ4n) is 3.45. The Bertz CT molecular complexity index is 766. The van der Waals surface area contributed by atoms with Gasteiger partial charge < -0.3 is 20.3 Å². The topological polar surface area (TPSA) is 87.7 Å². The summed E-state index contributed by atoms with van der Waals surface area (Å²) in [6.45, 7) is 2.23. The van der Waals surface area contributed by atoms with Crippen LogP contribution in [0, 0.1) is 5.92 Å². The zero-order valence-electron chi connectivity index (χ0n) is 16.2. The van der Waals surface area contributed by atoms with Crippen molar-refractivity contribution < 1.29 is 19.1 Å². The predicted octanol–water partition coefficient (Wildman–Crippen LogP) is 1.98. The molecule has 1 aromatic carbocycles. The number of halogens is 1. The van der Waals surface area contributed by atoms with E-state index in [0.29, 0.717) is 42.3 Å². The summed E-state index contributed by atoms with van der Waals surface area (Å²) in [4.78, 5) is 38.9. The average Bonchev–Trinajstić information content (AvgIpc) is 3.48. The summed E-state index contributed by atoms with van der Waals surface area (Å²) in [6.07, 6.45) is 3.27. The van der Waals surface area contributed by atoms with E-state index >= 15 is 0 Å². The Balaban J connectivity index is 1.69. The normalized spacial score (nSPS) is 22.2. The number of hydrogen-bond acceptors (Lipinski definition) is 4. The molecule has 0 bridgehead atoms. The van der Waals surface area contributed by atoms with E-state index in [4.69, 9.17) is 16.3 Å². The number of ether oxygens (including phenoxy) is 1. The van der Waals surface area contributed by atoms with Gasteiger partial charge in [-0.3, -0.25) is 14.4 Å². The highest BCUT2D eigenvalue weighted by molar-refractivity contribution is 6.31. The summed E-state index contributed by atoms with van der Waals surface area (Å²) < 4.78 is 5.25. The molecule has 152 valence electrons. The second-order valence-electron chi connectivity index (χ2n) is 7.50. The van der Waals surface area contributed by atoms with Crippen molar-refractivity contribution in [1.82, 2.24) is 15.5 Å². The Morgan fingerprint density at radius 3 is 2.43 bits per heavy atom. The Morgan fingerprint density at radius 2 is 1.79 bits per heavy atom. The van der Waals surface area contributed by atoms with Crippen LogP contribution in [0.2, 0.25) is 5.02 Å². The molecule has 0 spiro atoms. The molecule has 2 N–H and O–H groups in total. The number of rotatable bonds is 5. The molecule has 8 heteroatoms. The number of hydrogen-bond donors (Lipinski definition) is 2. The lowest BCUT2D eigenvalue weighted by Gasteiger charge is -2.25. The Kier molecular flexibility index (Phi) is 6.44. The predicted molar refractivity (Wildman–Crippen MR) is 105 cm³/mol. The molecule has 0 unspecified atom stereocenters. The highest BCUT2D eigenvalue weighted by Gasteiger charge is 2.33. The molecule has 1 saturated carbocycles. The summed E-state index contributed by atoms with van der Waals surface area (Å²) in [5.41, 5.74) is 0.344. The van der Waals surface area contributed by atoms with Crippen molar-refractivity contribution in [3.63, 3.8) is 0 Å². The van der Waals surface area contributed by atoms with Crippen molar-refractivity contribution in [3.05, 3.63) is 28.8 Å². The number of nitrogens with zero attached hydrogens (tertiary/aromatic N) is 1. The molecule has 1 aliphatic heterocycles. The monoisotopic (exact) mass is 407 g/mol. The first-order chi connectivity index (χ1) is 13.4. The fraction of sp³-hybridized carbons (Fsp3) is 0.550. The van der Waals surface area contributed by atoms with Crippen LogP contribution in [0.4, 0.5) is 0 Å². The van der Waals surface area contributed by atoms with Crippen LogP contribution in [-0.4, -0.2) is 54.9 Å². The van der Waals surface area contributed by atoms with Crippen LogP contribution >= 0.6 is 11.6 Å². The quantitative estimate of drug-likeness (QED) is 0.781. The van der Waals surface area contributed by atoms with Crippen LogP contribution in [0.5, 0.6) is 5.75 Å². The smallest absolute Gasteiger partial charge is 0.255 e. The molecule has 2 atom stereocenters. The van der Waals surface area contributed by atoms with Gasteiger partial charge in [-0.2, -0.15) is 0 Å². The van der Waals surface area contributed by atoms with E-state index in [-0.39, 0.29) is 35.7 Å². The van der Waals surface area contributed by atoms with Gasteiger partial charge >= 0.3 is 0 Å². The van der Waals surface area contributed by atoms with Gasteiger partial charge in [-0.25, -0.2) is 0 Å². The van der Waals surface area contributed by atoms with Crippen molar-refractivity contribution in [2.75, 3.05) is 20.2 Å². The molecular weight excluding hydrogens is 382 g/mol. The molecular formula is C20H26ClN3O4. The lowest BCUT2D eigenvalue weighted by Crippen LogP contribution is -2.45. The Morgan fingerprint density at radius 1 is 1.07 bits per heavy atom. The highest BCUT2D eigenvalue weighted by atomic mass is 35.5. The zero-order valence-corrected chi connectivity index (χ0v) is 16.9. The minimum atomic E-state index is -0.311. The summed E-state index contributed by atoms with van der Waals surface area (Å²) in [7, 11) is 1.49. The van der Waals surface area contributed by atoms with Crippen LogP contribution in [0.25, 0.3) is 0 Å². The Hall–Kier alpha value is -2.28. The first kappa shape index (κ1) is 20.5. The van der Waals surface area contributed by atoms with Gasteiger partial charge in [0.1, 0.15) is 5.75 Å². The van der Waals surface area contributed by atoms with E-state index in [2.05, 4.69) is 10.6 Å². The van der Waals surface area contributed by atoms with E-state index in [9.17, 15) is 14.4 Å². The van der Waals surface area contributed by atoms with Gasteiger partial charge in [-0.1, -0.05) is 11.6 Å². The third kappa shape index (κ3) is 5.16. The van der Waals surface area contributed by atoms with Crippen LogP contribution in [0.1, 0.15) is 43.0 Å². The van der Waals surface area contributed by atoms with E-state index in [1.54, 1.807) is 23.1 Å². The first-order valence-electron chi connectivity index (χ1n) is 9.57. The molecule has 1 aliphatic carbocycles. The maximum Gasteiger partial charge on any atom is 0.255 e. The molecule has 0 aromatic heterocycles. The van der Waals surface area contributed by atoms with Gasteiger partial charge in [0.05, 0.1) is 18.6 Å². The lowest BCUT2D eigenvalue weighted by atomic mass is 10.0. The first-order valence-corrected chi connectivity index (χ1v) is 9.95. The SMILES string of the molecule is COc1ccc(Cl)cc1C(=O)N[C@H]1CC[C@@H](C(=O)NC2CC2)CN(C(C)=O)C1. The zero-order chi connectivity index (χ0) is 20.3. The maximum absolute atomic E-state index is 12.8. The largest absolute Gasteiger partial charge is 0.496 e. The highest BCUT2D eigenvalue weighted by Crippen LogP contribution is 2.25. The van der Waals surface area contributed by atoms with E-state index in [1.165, 1.54) is 14.0 Å². The van der Waals surface area contributed by atoms with Crippen LogP contribution in [-0.2, 0) is 9.59 Å². The van der Waals surface area contributed by atoms with Crippen molar-refractivity contribution in [3.8, 4) is 5.75 Å². The molecule has 3 rings (SSSR count). The molecule has 2 fully saturated rings. The molecule has 1 heterocycles. The van der Waals surface area contributed by atoms with Crippen molar-refractivity contribution in [2.45, 2.75) is 44.7 Å². The Labute approximate surface area is 169 Å². The number of carbonyl (C=O) groups excluding carboxylic acids is 3. The average molecular weight is 408 g/mol. The van der Waals surface area contributed by atoms with Crippen LogP contribution in [0.15, 0.2) is 18.2 Å². The number of nitrogens with one attached hydrogen (secondary N) is 2. The molecule has 0 radical (unpaired) electrons. The van der Waals surface area contributed by atoms with E-state index < -0.39 is 0 Å². The van der Waals surface area contributed by atoms with Gasteiger partial charge in [-0.05, 0) is 43.9 Å². The van der Waals surface area contributed by atoms with Crippen LogP contribution < -0.4 is 15.4 Å². The molecule has 2 aliphatic rings. The van der Waals surface area contributed by atoms with Gasteiger partial charge in [0.15, 0.2) is 0 Å². The molecule has 7 nitrogen and oxygen atoms in total. The summed E-state index contributed by atoms with van der Waals surface area (Å²) in [5, 5.41) is 6.43. The van der Waals surface area contributed by atoms with Gasteiger partial charge in [-0.15, -0.1) is 0 Å². The van der Waals surface area contributed by atoms with Crippen molar-refractivity contribution in [1.29, 1.82) is 0 Å².